The number of aromatic nitrogens is 2. The van der Waals surface area contributed by atoms with E-state index < -0.39 is 0 Å². The second-order valence-electron chi connectivity index (χ2n) is 6.27. The molecule has 6 nitrogen and oxygen atoms in total. The highest BCUT2D eigenvalue weighted by molar-refractivity contribution is 5.78. The van der Waals surface area contributed by atoms with Gasteiger partial charge >= 0.3 is 0 Å². The molecular formula is C19H24N4O2. The van der Waals surface area contributed by atoms with Crippen LogP contribution in [0.2, 0.25) is 0 Å². The quantitative estimate of drug-likeness (QED) is 0.853. The fourth-order valence-corrected chi connectivity index (χ4v) is 2.98. The Morgan fingerprint density at radius 3 is 2.40 bits per heavy atom. The third-order valence-electron chi connectivity index (χ3n) is 4.51. The number of benzene rings is 1. The number of ether oxygens (including phenoxy) is 1. The predicted octanol–water partition coefficient (Wildman–Crippen LogP) is 2.13. The van der Waals surface area contributed by atoms with Gasteiger partial charge in [0.15, 0.2) is 6.61 Å². The van der Waals surface area contributed by atoms with Gasteiger partial charge < -0.3 is 14.5 Å². The standard InChI is InChI=1S/C19H24N4O2/c1-14-15(2)20-16(3)21-19(14)23-11-9-22(10-12-23)18(24)13-25-17-7-5-4-6-8-17/h4-8H,9-13H2,1-3H3. The lowest BCUT2D eigenvalue weighted by atomic mass is 10.2. The molecule has 0 N–H and O–H groups in total. The van der Waals surface area contributed by atoms with Gasteiger partial charge in [-0.3, -0.25) is 4.79 Å². The van der Waals surface area contributed by atoms with Gasteiger partial charge in [0.25, 0.3) is 5.91 Å². The minimum atomic E-state index is 0.0234. The van der Waals surface area contributed by atoms with Crippen molar-refractivity contribution >= 4 is 11.7 Å². The number of para-hydroxylation sites is 1. The minimum absolute atomic E-state index is 0.0234. The van der Waals surface area contributed by atoms with Gasteiger partial charge in [0.05, 0.1) is 0 Å². The molecule has 0 spiro atoms. The van der Waals surface area contributed by atoms with E-state index in [0.29, 0.717) is 13.1 Å². The summed E-state index contributed by atoms with van der Waals surface area (Å²) in [6.07, 6.45) is 0. The zero-order valence-corrected chi connectivity index (χ0v) is 15.0. The summed E-state index contributed by atoms with van der Waals surface area (Å²) in [5.74, 6) is 2.51. The van der Waals surface area contributed by atoms with E-state index in [2.05, 4.69) is 21.8 Å². The van der Waals surface area contributed by atoms with E-state index in [1.807, 2.05) is 49.1 Å². The number of anilines is 1. The Morgan fingerprint density at radius 2 is 1.72 bits per heavy atom. The van der Waals surface area contributed by atoms with E-state index in [1.54, 1.807) is 0 Å². The maximum atomic E-state index is 12.3. The van der Waals surface area contributed by atoms with Crippen molar-refractivity contribution in [1.82, 2.24) is 14.9 Å². The number of aryl methyl sites for hydroxylation is 2. The van der Waals surface area contributed by atoms with Crippen molar-refractivity contribution in [2.24, 2.45) is 0 Å². The summed E-state index contributed by atoms with van der Waals surface area (Å²) in [6.45, 7) is 8.95. The normalized spacial score (nSPS) is 14.5. The van der Waals surface area contributed by atoms with Crippen LogP contribution in [0.5, 0.6) is 5.75 Å². The lowest BCUT2D eigenvalue weighted by Gasteiger charge is -2.36. The maximum Gasteiger partial charge on any atom is 0.260 e. The van der Waals surface area contributed by atoms with E-state index in [4.69, 9.17) is 4.74 Å². The summed E-state index contributed by atoms with van der Waals surface area (Å²) in [5, 5.41) is 0. The molecule has 132 valence electrons. The molecule has 0 bridgehead atoms. The van der Waals surface area contributed by atoms with E-state index in [9.17, 15) is 4.79 Å². The number of nitrogens with zero attached hydrogens (tertiary/aromatic N) is 4. The average Bonchev–Trinajstić information content (AvgIpc) is 2.63. The molecule has 3 rings (SSSR count). The summed E-state index contributed by atoms with van der Waals surface area (Å²) in [5.41, 5.74) is 2.12. The van der Waals surface area contributed by atoms with Crippen molar-refractivity contribution in [3.63, 3.8) is 0 Å². The SMILES string of the molecule is Cc1nc(C)c(C)c(N2CCN(C(=O)COc3ccccc3)CC2)n1. The number of rotatable bonds is 4. The van der Waals surface area contributed by atoms with Crippen LogP contribution in [0.15, 0.2) is 30.3 Å². The average molecular weight is 340 g/mol. The number of hydrogen-bond donors (Lipinski definition) is 0. The molecule has 25 heavy (non-hydrogen) atoms. The Hall–Kier alpha value is -2.63. The zero-order valence-electron chi connectivity index (χ0n) is 15.0. The second kappa shape index (κ2) is 7.51. The molecule has 0 unspecified atom stereocenters. The first-order valence-corrected chi connectivity index (χ1v) is 8.57. The van der Waals surface area contributed by atoms with Gasteiger partial charge in [0, 0.05) is 37.4 Å². The Bertz CT molecular complexity index is 741. The van der Waals surface area contributed by atoms with Crippen LogP contribution < -0.4 is 9.64 Å². The van der Waals surface area contributed by atoms with Crippen molar-refractivity contribution in [3.05, 3.63) is 47.4 Å². The van der Waals surface area contributed by atoms with Gasteiger partial charge in [-0.2, -0.15) is 0 Å². The molecule has 0 aliphatic carbocycles. The third kappa shape index (κ3) is 4.07. The van der Waals surface area contributed by atoms with Crippen LogP contribution in [-0.2, 0) is 4.79 Å². The number of amides is 1. The molecule has 0 saturated carbocycles. The van der Waals surface area contributed by atoms with Crippen molar-refractivity contribution < 1.29 is 9.53 Å². The van der Waals surface area contributed by atoms with Crippen LogP contribution in [0, 0.1) is 20.8 Å². The molecule has 1 amide bonds. The van der Waals surface area contributed by atoms with Crippen LogP contribution in [0.1, 0.15) is 17.1 Å². The molecule has 2 aromatic rings. The lowest BCUT2D eigenvalue weighted by molar-refractivity contribution is -0.133. The van der Waals surface area contributed by atoms with Crippen LogP contribution in [0.25, 0.3) is 0 Å². The van der Waals surface area contributed by atoms with Crippen LogP contribution in [0.3, 0.4) is 0 Å². The first kappa shape index (κ1) is 17.2. The summed E-state index contributed by atoms with van der Waals surface area (Å²) in [6, 6.07) is 9.42. The van der Waals surface area contributed by atoms with Crippen LogP contribution in [0.4, 0.5) is 5.82 Å². The van der Waals surface area contributed by atoms with Crippen molar-refractivity contribution in [3.8, 4) is 5.75 Å². The Balaban J connectivity index is 1.56. The van der Waals surface area contributed by atoms with Gasteiger partial charge in [-0.15, -0.1) is 0 Å². The fourth-order valence-electron chi connectivity index (χ4n) is 2.98. The molecule has 1 saturated heterocycles. The zero-order chi connectivity index (χ0) is 17.8. The van der Waals surface area contributed by atoms with Gasteiger partial charge in [-0.1, -0.05) is 18.2 Å². The molecular weight excluding hydrogens is 316 g/mol. The second-order valence-corrected chi connectivity index (χ2v) is 6.27. The van der Waals surface area contributed by atoms with Gasteiger partial charge in [-0.25, -0.2) is 9.97 Å². The lowest BCUT2D eigenvalue weighted by Crippen LogP contribution is -2.50. The smallest absolute Gasteiger partial charge is 0.260 e. The molecule has 1 aliphatic rings. The maximum absolute atomic E-state index is 12.3. The van der Waals surface area contributed by atoms with Gasteiger partial charge in [-0.05, 0) is 32.9 Å². The number of hydrogen-bond acceptors (Lipinski definition) is 5. The molecule has 0 atom stereocenters. The van der Waals surface area contributed by atoms with Crippen molar-refractivity contribution in [1.29, 1.82) is 0 Å². The molecule has 1 aliphatic heterocycles. The molecule has 0 radical (unpaired) electrons. The van der Waals surface area contributed by atoms with Crippen LogP contribution >= 0.6 is 0 Å². The van der Waals surface area contributed by atoms with Gasteiger partial charge in [0.2, 0.25) is 0 Å². The number of carbonyl (C=O) groups is 1. The van der Waals surface area contributed by atoms with E-state index in [-0.39, 0.29) is 12.5 Å². The molecule has 1 aromatic carbocycles. The molecule has 2 heterocycles. The first-order chi connectivity index (χ1) is 12.0. The molecule has 6 heteroatoms. The Kier molecular flexibility index (Phi) is 5.16. The summed E-state index contributed by atoms with van der Waals surface area (Å²) in [4.78, 5) is 25.4. The Labute approximate surface area is 148 Å². The monoisotopic (exact) mass is 340 g/mol. The first-order valence-electron chi connectivity index (χ1n) is 8.57. The fraction of sp³-hybridized carbons (Fsp3) is 0.421. The molecule has 1 aromatic heterocycles. The highest BCUT2D eigenvalue weighted by atomic mass is 16.5. The Morgan fingerprint density at radius 1 is 1.04 bits per heavy atom. The highest BCUT2D eigenvalue weighted by Crippen LogP contribution is 2.21. The van der Waals surface area contributed by atoms with E-state index in [1.165, 1.54) is 0 Å². The number of carbonyl (C=O) groups excluding carboxylic acids is 1. The van der Waals surface area contributed by atoms with Crippen molar-refractivity contribution in [2.75, 3.05) is 37.7 Å². The summed E-state index contributed by atoms with van der Waals surface area (Å²) in [7, 11) is 0. The minimum Gasteiger partial charge on any atom is -0.484 e. The number of piperazine rings is 1. The predicted molar refractivity (Wildman–Crippen MR) is 97.0 cm³/mol. The van der Waals surface area contributed by atoms with E-state index in [0.717, 1.165) is 41.7 Å². The summed E-state index contributed by atoms with van der Waals surface area (Å²) < 4.78 is 5.56. The van der Waals surface area contributed by atoms with Crippen LogP contribution in [-0.4, -0.2) is 53.6 Å². The van der Waals surface area contributed by atoms with Crippen molar-refractivity contribution in [2.45, 2.75) is 20.8 Å². The third-order valence-corrected chi connectivity index (χ3v) is 4.51. The topological polar surface area (TPSA) is 58.6 Å². The van der Waals surface area contributed by atoms with E-state index >= 15 is 0 Å². The van der Waals surface area contributed by atoms with Gasteiger partial charge in [0.1, 0.15) is 17.4 Å². The summed E-state index contributed by atoms with van der Waals surface area (Å²) >= 11 is 0. The highest BCUT2D eigenvalue weighted by Gasteiger charge is 2.23. The largest absolute Gasteiger partial charge is 0.484 e. The molecule has 1 fully saturated rings.